The highest BCUT2D eigenvalue weighted by Crippen LogP contribution is 2.32. The molecule has 2 aromatic rings. The summed E-state index contributed by atoms with van der Waals surface area (Å²) >= 11 is 12.7. The second-order valence-corrected chi connectivity index (χ2v) is 6.43. The predicted molar refractivity (Wildman–Crippen MR) is 81.5 cm³/mol. The standard InChI is InChI=1S/C13H9Cl2NO4S/c14-9-2-1-7(6-10(9)16(19)20)5-8(13(17)18)11-3-4-12(15)21-11/h1-4,6,8H,5H2,(H,17,18). The number of halogens is 2. The van der Waals surface area contributed by atoms with Crippen LogP contribution in [-0.2, 0) is 11.2 Å². The van der Waals surface area contributed by atoms with Crippen LogP contribution in [0.4, 0.5) is 5.69 Å². The highest BCUT2D eigenvalue weighted by Gasteiger charge is 2.23. The summed E-state index contributed by atoms with van der Waals surface area (Å²) in [5.74, 6) is -1.81. The zero-order valence-electron chi connectivity index (χ0n) is 10.5. The van der Waals surface area contributed by atoms with Crippen LogP contribution < -0.4 is 0 Å². The monoisotopic (exact) mass is 345 g/mol. The van der Waals surface area contributed by atoms with Gasteiger partial charge in [0.1, 0.15) is 5.02 Å². The molecule has 21 heavy (non-hydrogen) atoms. The molecule has 5 nitrogen and oxygen atoms in total. The Hall–Kier alpha value is -1.63. The van der Waals surface area contributed by atoms with Gasteiger partial charge < -0.3 is 5.11 Å². The first-order valence-electron chi connectivity index (χ1n) is 5.79. The summed E-state index contributed by atoms with van der Waals surface area (Å²) in [6.07, 6.45) is 0.129. The summed E-state index contributed by atoms with van der Waals surface area (Å²) in [6, 6.07) is 7.56. The Bertz CT molecular complexity index is 701. The lowest BCUT2D eigenvalue weighted by Crippen LogP contribution is -2.13. The van der Waals surface area contributed by atoms with Gasteiger partial charge in [0.25, 0.3) is 5.69 Å². The Labute approximate surface area is 133 Å². The number of carboxylic acids is 1. The summed E-state index contributed by atoms with van der Waals surface area (Å²) in [5, 5.41) is 20.2. The first-order valence-corrected chi connectivity index (χ1v) is 7.36. The average Bonchev–Trinajstić information content (AvgIpc) is 2.83. The minimum Gasteiger partial charge on any atom is -0.481 e. The Morgan fingerprint density at radius 3 is 2.57 bits per heavy atom. The van der Waals surface area contributed by atoms with Crippen molar-refractivity contribution in [3.8, 4) is 0 Å². The minimum absolute atomic E-state index is 0.0230. The molecule has 0 aliphatic carbocycles. The summed E-state index contributed by atoms with van der Waals surface area (Å²) in [7, 11) is 0. The first-order chi connectivity index (χ1) is 9.88. The average molecular weight is 346 g/mol. The van der Waals surface area contributed by atoms with E-state index < -0.39 is 16.8 Å². The predicted octanol–water partition coefficient (Wildman–Crippen LogP) is 4.37. The van der Waals surface area contributed by atoms with Gasteiger partial charge in [-0.2, -0.15) is 0 Å². The van der Waals surface area contributed by atoms with Crippen LogP contribution in [0.15, 0.2) is 30.3 Å². The van der Waals surface area contributed by atoms with Crippen LogP contribution in [0.5, 0.6) is 0 Å². The summed E-state index contributed by atoms with van der Waals surface area (Å²) in [6.45, 7) is 0. The molecule has 1 N–H and O–H groups in total. The number of benzene rings is 1. The number of hydrogen-bond donors (Lipinski definition) is 1. The molecular weight excluding hydrogens is 337 g/mol. The topological polar surface area (TPSA) is 80.4 Å². The van der Waals surface area contributed by atoms with Crippen LogP contribution in [0.3, 0.4) is 0 Å². The number of rotatable bonds is 5. The Balaban J connectivity index is 2.32. The molecule has 0 saturated carbocycles. The van der Waals surface area contributed by atoms with Crippen LogP contribution in [0.2, 0.25) is 9.36 Å². The van der Waals surface area contributed by atoms with Crippen molar-refractivity contribution in [1.29, 1.82) is 0 Å². The van der Waals surface area contributed by atoms with Crippen molar-refractivity contribution in [3.63, 3.8) is 0 Å². The summed E-state index contributed by atoms with van der Waals surface area (Å²) in [4.78, 5) is 22.3. The fraction of sp³-hybridized carbons (Fsp3) is 0.154. The second-order valence-electron chi connectivity index (χ2n) is 4.28. The SMILES string of the molecule is O=C(O)C(Cc1ccc(Cl)c([N+](=O)[O-])c1)c1ccc(Cl)s1. The number of nitro groups is 1. The molecule has 110 valence electrons. The number of nitrogens with zero attached hydrogens (tertiary/aromatic N) is 1. The van der Waals surface area contributed by atoms with Gasteiger partial charge in [-0.25, -0.2) is 0 Å². The number of thiophene rings is 1. The van der Waals surface area contributed by atoms with E-state index in [0.29, 0.717) is 14.8 Å². The van der Waals surface area contributed by atoms with Crippen LogP contribution in [0.1, 0.15) is 16.4 Å². The lowest BCUT2D eigenvalue weighted by molar-refractivity contribution is -0.384. The maximum Gasteiger partial charge on any atom is 0.312 e. The van der Waals surface area contributed by atoms with Crippen molar-refractivity contribution in [2.24, 2.45) is 0 Å². The molecule has 0 bridgehead atoms. The van der Waals surface area contributed by atoms with E-state index >= 15 is 0 Å². The number of carboxylic acid groups (broad SMARTS) is 1. The molecule has 2 rings (SSSR count). The zero-order chi connectivity index (χ0) is 15.6. The Kier molecular flexibility index (Phi) is 4.82. The fourth-order valence-corrected chi connectivity index (χ4v) is 3.23. The van der Waals surface area contributed by atoms with Gasteiger partial charge in [0.05, 0.1) is 15.2 Å². The van der Waals surface area contributed by atoms with Gasteiger partial charge in [-0.15, -0.1) is 11.3 Å². The van der Waals surface area contributed by atoms with Crippen molar-refractivity contribution in [2.45, 2.75) is 12.3 Å². The van der Waals surface area contributed by atoms with Crippen molar-refractivity contribution >= 4 is 46.2 Å². The molecule has 0 fully saturated rings. The van der Waals surface area contributed by atoms with Gasteiger partial charge in [-0.1, -0.05) is 29.3 Å². The van der Waals surface area contributed by atoms with Crippen molar-refractivity contribution < 1.29 is 14.8 Å². The normalized spacial score (nSPS) is 12.1. The van der Waals surface area contributed by atoms with Crippen LogP contribution in [0.25, 0.3) is 0 Å². The van der Waals surface area contributed by atoms with E-state index in [2.05, 4.69) is 0 Å². The van der Waals surface area contributed by atoms with E-state index in [0.717, 1.165) is 0 Å². The molecular formula is C13H9Cl2NO4S. The number of hydrogen-bond acceptors (Lipinski definition) is 4. The van der Waals surface area contributed by atoms with Gasteiger partial charge in [0.15, 0.2) is 0 Å². The Morgan fingerprint density at radius 2 is 2.05 bits per heavy atom. The molecule has 1 heterocycles. The quantitative estimate of drug-likeness (QED) is 0.644. The molecule has 1 aromatic carbocycles. The van der Waals surface area contributed by atoms with Gasteiger partial charge in [-0.05, 0) is 30.2 Å². The summed E-state index contributed by atoms with van der Waals surface area (Å²) in [5.41, 5.74) is 0.297. The molecule has 1 unspecified atom stereocenters. The molecule has 8 heteroatoms. The fourth-order valence-electron chi connectivity index (χ4n) is 1.89. The molecule has 1 atom stereocenters. The molecule has 0 amide bonds. The van der Waals surface area contributed by atoms with Crippen molar-refractivity contribution in [1.82, 2.24) is 0 Å². The lowest BCUT2D eigenvalue weighted by atomic mass is 9.97. The third kappa shape index (κ3) is 3.72. The van der Waals surface area contributed by atoms with E-state index in [1.807, 2.05) is 0 Å². The van der Waals surface area contributed by atoms with Gasteiger partial charge in [-0.3, -0.25) is 14.9 Å². The number of aliphatic carboxylic acids is 1. The van der Waals surface area contributed by atoms with E-state index in [1.165, 1.54) is 23.5 Å². The van der Waals surface area contributed by atoms with Gasteiger partial charge in [0.2, 0.25) is 0 Å². The van der Waals surface area contributed by atoms with Crippen LogP contribution in [0, 0.1) is 10.1 Å². The van der Waals surface area contributed by atoms with Gasteiger partial charge in [0, 0.05) is 10.9 Å². The largest absolute Gasteiger partial charge is 0.481 e. The maximum atomic E-state index is 11.4. The third-order valence-corrected chi connectivity index (χ3v) is 4.55. The summed E-state index contributed by atoms with van der Waals surface area (Å²) < 4.78 is 0.498. The minimum atomic E-state index is -1.01. The molecule has 0 aliphatic rings. The number of carbonyl (C=O) groups is 1. The van der Waals surface area contributed by atoms with E-state index in [4.69, 9.17) is 23.2 Å². The Morgan fingerprint density at radius 1 is 1.33 bits per heavy atom. The smallest absolute Gasteiger partial charge is 0.312 e. The molecule has 0 aliphatic heterocycles. The van der Waals surface area contributed by atoms with E-state index in [1.54, 1.807) is 18.2 Å². The van der Waals surface area contributed by atoms with Crippen molar-refractivity contribution in [2.75, 3.05) is 0 Å². The maximum absolute atomic E-state index is 11.4. The van der Waals surface area contributed by atoms with E-state index in [-0.39, 0.29) is 17.1 Å². The highest BCUT2D eigenvalue weighted by atomic mass is 35.5. The first kappa shape index (κ1) is 15.8. The van der Waals surface area contributed by atoms with Crippen molar-refractivity contribution in [3.05, 3.63) is 60.2 Å². The van der Waals surface area contributed by atoms with Crippen LogP contribution in [-0.4, -0.2) is 16.0 Å². The van der Waals surface area contributed by atoms with Gasteiger partial charge >= 0.3 is 5.97 Å². The second kappa shape index (κ2) is 6.43. The highest BCUT2D eigenvalue weighted by molar-refractivity contribution is 7.16. The molecule has 1 aromatic heterocycles. The third-order valence-electron chi connectivity index (χ3n) is 2.88. The van der Waals surface area contributed by atoms with E-state index in [9.17, 15) is 20.0 Å². The number of nitro benzene ring substituents is 1. The zero-order valence-corrected chi connectivity index (χ0v) is 12.8. The van der Waals surface area contributed by atoms with Crippen LogP contribution >= 0.6 is 34.5 Å². The molecule has 0 radical (unpaired) electrons. The lowest BCUT2D eigenvalue weighted by Gasteiger charge is -2.10. The molecule has 0 spiro atoms. The molecule has 0 saturated heterocycles.